The minimum Gasteiger partial charge on any atom is -0.475 e. The lowest BCUT2D eigenvalue weighted by Gasteiger charge is -2.10. The van der Waals surface area contributed by atoms with Crippen LogP contribution in [-0.4, -0.2) is 71.9 Å². The van der Waals surface area contributed by atoms with Crippen LogP contribution in [0.4, 0.5) is 24.0 Å². The number of likely N-dealkylation sites (N-methyl/N-ethyl adjacent to an activating group) is 1. The number of aromatic nitrogens is 6. The van der Waals surface area contributed by atoms with E-state index in [1.807, 2.05) is 30.6 Å². The molecule has 0 aliphatic heterocycles. The highest BCUT2D eigenvalue weighted by molar-refractivity contribution is 7.10. The number of fused-ring (bicyclic) bond motifs is 2. The van der Waals surface area contributed by atoms with Crippen molar-refractivity contribution in [1.29, 1.82) is 0 Å². The van der Waals surface area contributed by atoms with E-state index in [2.05, 4.69) is 59.5 Å². The summed E-state index contributed by atoms with van der Waals surface area (Å²) >= 11 is 7.80. The maximum Gasteiger partial charge on any atom is 0.490 e. The van der Waals surface area contributed by atoms with Crippen LogP contribution in [0.25, 0.3) is 33.3 Å². The first-order chi connectivity index (χ1) is 17.5. The van der Waals surface area contributed by atoms with E-state index in [1.165, 1.54) is 11.5 Å². The number of rotatable bonds is 6. The van der Waals surface area contributed by atoms with Crippen molar-refractivity contribution >= 4 is 61.9 Å². The number of aromatic amines is 1. The van der Waals surface area contributed by atoms with E-state index in [0.29, 0.717) is 16.0 Å². The van der Waals surface area contributed by atoms with E-state index in [-0.39, 0.29) is 0 Å². The molecule has 3 aromatic heterocycles. The summed E-state index contributed by atoms with van der Waals surface area (Å²) in [6, 6.07) is 9.93. The van der Waals surface area contributed by atoms with Gasteiger partial charge in [0, 0.05) is 35.6 Å². The predicted molar refractivity (Wildman–Crippen MR) is 135 cm³/mol. The summed E-state index contributed by atoms with van der Waals surface area (Å²) in [7, 11) is 4.13. The first kappa shape index (κ1) is 26.3. The number of carbonyl (C=O) groups is 1. The molecule has 194 valence electrons. The monoisotopic (exact) mass is 552 g/mol. The third-order valence-corrected chi connectivity index (χ3v) is 6.19. The van der Waals surface area contributed by atoms with Crippen LogP contribution >= 0.6 is 23.1 Å². The van der Waals surface area contributed by atoms with Crippen molar-refractivity contribution in [2.75, 3.05) is 26.0 Å². The molecular weight excluding hydrogens is 533 g/mol. The number of carboxylic acid groups (broad SMARTS) is 1. The second kappa shape index (κ2) is 10.7. The van der Waals surface area contributed by atoms with Gasteiger partial charge >= 0.3 is 12.1 Å². The molecule has 2 aromatic carbocycles. The number of hydrogen-bond donors (Lipinski definition) is 3. The van der Waals surface area contributed by atoms with Gasteiger partial charge in [-0.05, 0) is 38.4 Å². The van der Waals surface area contributed by atoms with Gasteiger partial charge in [0.15, 0.2) is 5.82 Å². The molecule has 5 rings (SSSR count). The van der Waals surface area contributed by atoms with E-state index in [0.717, 1.165) is 46.3 Å². The number of carboxylic acids is 1. The molecule has 15 heteroatoms. The minimum atomic E-state index is -5.08. The molecule has 0 fully saturated rings. The van der Waals surface area contributed by atoms with Crippen LogP contribution in [0.5, 0.6) is 0 Å². The molecule has 0 amide bonds. The standard InChI is InChI=1S/C20H19ClN8S.C2HF3O2/c1-28(2)8-9-29-11-22-18-12(4-3-5-16(18)29)19-25-20(30-27-19)24-15-7-6-14-13(17(15)21)10-23-26-14;3-2(4,5)1(6)7/h3-7,10-11H,8-9H2,1-2H3,(H,23,26)(H,24,25,27);(H,6,7). The number of hydrogen-bond acceptors (Lipinski definition) is 8. The van der Waals surface area contributed by atoms with Crippen LogP contribution in [-0.2, 0) is 11.3 Å². The summed E-state index contributed by atoms with van der Waals surface area (Å²) in [5.41, 5.74) is 4.54. The number of H-pyrrole nitrogens is 1. The molecule has 0 bridgehead atoms. The molecule has 0 atom stereocenters. The number of benzene rings is 2. The zero-order valence-electron chi connectivity index (χ0n) is 19.4. The smallest absolute Gasteiger partial charge is 0.475 e. The highest BCUT2D eigenvalue weighted by Crippen LogP contribution is 2.34. The maximum atomic E-state index is 10.6. The van der Waals surface area contributed by atoms with Crippen LogP contribution in [0.3, 0.4) is 0 Å². The Morgan fingerprint density at radius 3 is 2.73 bits per heavy atom. The zero-order chi connectivity index (χ0) is 26.7. The molecule has 10 nitrogen and oxygen atoms in total. The van der Waals surface area contributed by atoms with Crippen molar-refractivity contribution in [1.82, 2.24) is 34.0 Å². The Hall–Kier alpha value is -3.75. The number of imidazole rings is 1. The van der Waals surface area contributed by atoms with Crippen LogP contribution in [0.2, 0.25) is 5.02 Å². The van der Waals surface area contributed by atoms with Gasteiger partial charge in [-0.15, -0.1) is 0 Å². The molecule has 3 heterocycles. The molecule has 0 aliphatic carbocycles. The number of aliphatic carboxylic acids is 1. The van der Waals surface area contributed by atoms with Crippen molar-refractivity contribution in [2.45, 2.75) is 12.7 Å². The van der Waals surface area contributed by atoms with Gasteiger partial charge in [0.05, 0.1) is 39.8 Å². The first-order valence-corrected chi connectivity index (χ1v) is 11.8. The average Bonchev–Trinajstić information content (AvgIpc) is 3.59. The number of para-hydroxylation sites is 1. The highest BCUT2D eigenvalue weighted by atomic mass is 35.5. The fourth-order valence-corrected chi connectivity index (χ4v) is 4.19. The molecule has 0 aliphatic rings. The lowest BCUT2D eigenvalue weighted by atomic mass is 10.1. The van der Waals surface area contributed by atoms with Gasteiger partial charge in [0.1, 0.15) is 0 Å². The molecule has 0 saturated heterocycles. The number of halogens is 4. The topological polar surface area (TPSA) is 125 Å². The number of alkyl halides is 3. The molecular formula is C22H20ClF3N8O2S. The van der Waals surface area contributed by atoms with E-state index in [1.54, 1.807) is 6.20 Å². The lowest BCUT2D eigenvalue weighted by molar-refractivity contribution is -0.192. The largest absolute Gasteiger partial charge is 0.490 e. The van der Waals surface area contributed by atoms with E-state index < -0.39 is 12.1 Å². The molecule has 0 spiro atoms. The summed E-state index contributed by atoms with van der Waals surface area (Å²) in [6.45, 7) is 1.82. The fourth-order valence-electron chi connectivity index (χ4n) is 3.33. The summed E-state index contributed by atoms with van der Waals surface area (Å²) in [5, 5.41) is 19.5. The second-order valence-corrected chi connectivity index (χ2v) is 9.15. The maximum absolute atomic E-state index is 10.6. The summed E-state index contributed by atoms with van der Waals surface area (Å²) < 4.78 is 38.4. The predicted octanol–water partition coefficient (Wildman–Crippen LogP) is 5.02. The van der Waals surface area contributed by atoms with Gasteiger partial charge < -0.3 is 19.9 Å². The molecule has 0 radical (unpaired) electrons. The van der Waals surface area contributed by atoms with Crippen molar-refractivity contribution in [3.05, 3.63) is 47.9 Å². The van der Waals surface area contributed by atoms with Crippen molar-refractivity contribution in [3.8, 4) is 11.4 Å². The summed E-state index contributed by atoms with van der Waals surface area (Å²) in [4.78, 5) is 20.4. The Labute approximate surface area is 216 Å². The quantitative estimate of drug-likeness (QED) is 0.268. The van der Waals surface area contributed by atoms with Crippen molar-refractivity contribution in [2.24, 2.45) is 0 Å². The molecule has 0 unspecified atom stereocenters. The first-order valence-electron chi connectivity index (χ1n) is 10.7. The van der Waals surface area contributed by atoms with E-state index in [9.17, 15) is 13.2 Å². The van der Waals surface area contributed by atoms with Crippen molar-refractivity contribution < 1.29 is 23.1 Å². The van der Waals surface area contributed by atoms with E-state index in [4.69, 9.17) is 21.5 Å². The minimum absolute atomic E-state index is 0.597. The molecule has 5 aromatic rings. The zero-order valence-corrected chi connectivity index (χ0v) is 21.0. The number of anilines is 2. The fraction of sp³-hybridized carbons (Fsp3) is 0.227. The Kier molecular flexibility index (Phi) is 7.61. The molecule has 0 saturated carbocycles. The number of nitrogens with one attached hydrogen (secondary N) is 2. The van der Waals surface area contributed by atoms with Gasteiger partial charge in [0.25, 0.3) is 0 Å². The summed E-state index contributed by atoms with van der Waals surface area (Å²) in [5.74, 6) is -2.11. The SMILES string of the molecule is CN(C)CCn1cnc2c(-c3nsc(Nc4ccc5[nH]ncc5c4Cl)n3)cccc21.O=C(O)C(F)(F)F. The Morgan fingerprint density at radius 1 is 1.27 bits per heavy atom. The third kappa shape index (κ3) is 5.98. The van der Waals surface area contributed by atoms with Crippen molar-refractivity contribution in [3.63, 3.8) is 0 Å². The Morgan fingerprint density at radius 2 is 2.03 bits per heavy atom. The normalized spacial score (nSPS) is 11.6. The van der Waals surface area contributed by atoms with Crippen LogP contribution in [0.1, 0.15) is 0 Å². The van der Waals surface area contributed by atoms with Gasteiger partial charge in [-0.2, -0.15) is 27.6 Å². The van der Waals surface area contributed by atoms with Gasteiger partial charge in [-0.1, -0.05) is 17.7 Å². The van der Waals surface area contributed by atoms with Crippen LogP contribution < -0.4 is 5.32 Å². The van der Waals surface area contributed by atoms with Gasteiger partial charge in [-0.25, -0.2) is 9.78 Å². The molecule has 3 N–H and O–H groups in total. The lowest BCUT2D eigenvalue weighted by Crippen LogP contribution is -2.21. The third-order valence-electron chi connectivity index (χ3n) is 5.15. The average molecular weight is 553 g/mol. The van der Waals surface area contributed by atoms with Crippen LogP contribution in [0.15, 0.2) is 42.9 Å². The van der Waals surface area contributed by atoms with Gasteiger partial charge in [-0.3, -0.25) is 5.10 Å². The van der Waals surface area contributed by atoms with E-state index >= 15 is 0 Å². The Balaban J connectivity index is 0.000000405. The van der Waals surface area contributed by atoms with Gasteiger partial charge in [0.2, 0.25) is 5.13 Å². The van der Waals surface area contributed by atoms with Crippen LogP contribution in [0, 0.1) is 0 Å². The molecule has 37 heavy (non-hydrogen) atoms. The second-order valence-electron chi connectivity index (χ2n) is 8.02. The highest BCUT2D eigenvalue weighted by Gasteiger charge is 2.38. The Bertz CT molecular complexity index is 1550. The summed E-state index contributed by atoms with van der Waals surface area (Å²) in [6.07, 6.45) is -1.50. The number of nitrogens with zero attached hydrogens (tertiary/aromatic N) is 6.